The molecule has 0 aliphatic heterocycles. The highest BCUT2D eigenvalue weighted by Gasteiger charge is 2.10. The van der Waals surface area contributed by atoms with Crippen molar-refractivity contribution < 1.29 is 0 Å². The van der Waals surface area contributed by atoms with Crippen LogP contribution in [0.2, 0.25) is 0 Å². The second-order valence-corrected chi connectivity index (χ2v) is 4.52. The molecule has 1 atom stereocenters. The lowest BCUT2D eigenvalue weighted by Gasteiger charge is -2.12. The van der Waals surface area contributed by atoms with Gasteiger partial charge in [-0.2, -0.15) is 0 Å². The standard InChI is InChI=1S/C14H20N2/c1-4-11(8-15)12-5-6-14-13(7-12)9(2)10(3)16-14/h5-7,11,16H,4,8,15H2,1-3H3. The van der Waals surface area contributed by atoms with Crippen molar-refractivity contribution in [1.82, 2.24) is 4.98 Å². The van der Waals surface area contributed by atoms with Crippen molar-refractivity contribution in [2.45, 2.75) is 33.1 Å². The summed E-state index contributed by atoms with van der Waals surface area (Å²) in [4.78, 5) is 3.40. The van der Waals surface area contributed by atoms with Gasteiger partial charge in [-0.3, -0.25) is 0 Å². The zero-order valence-electron chi connectivity index (χ0n) is 10.3. The summed E-state index contributed by atoms with van der Waals surface area (Å²) in [7, 11) is 0. The van der Waals surface area contributed by atoms with Gasteiger partial charge in [-0.25, -0.2) is 0 Å². The molecule has 2 rings (SSSR count). The topological polar surface area (TPSA) is 41.8 Å². The maximum Gasteiger partial charge on any atom is 0.0458 e. The highest BCUT2D eigenvalue weighted by Crippen LogP contribution is 2.26. The normalized spacial score (nSPS) is 13.2. The van der Waals surface area contributed by atoms with Crippen LogP contribution in [0.15, 0.2) is 18.2 Å². The summed E-state index contributed by atoms with van der Waals surface area (Å²) in [6.07, 6.45) is 1.10. The first-order chi connectivity index (χ1) is 7.67. The summed E-state index contributed by atoms with van der Waals surface area (Å²) in [6, 6.07) is 6.65. The summed E-state index contributed by atoms with van der Waals surface area (Å²) in [5, 5.41) is 1.34. The average molecular weight is 216 g/mol. The van der Waals surface area contributed by atoms with Gasteiger partial charge in [-0.1, -0.05) is 13.0 Å². The number of hydrogen-bond donors (Lipinski definition) is 2. The van der Waals surface area contributed by atoms with Crippen molar-refractivity contribution in [3.8, 4) is 0 Å². The summed E-state index contributed by atoms with van der Waals surface area (Å²) < 4.78 is 0. The van der Waals surface area contributed by atoms with Crippen LogP contribution in [0.25, 0.3) is 10.9 Å². The van der Waals surface area contributed by atoms with Gasteiger partial charge in [-0.15, -0.1) is 0 Å². The number of rotatable bonds is 3. The fraction of sp³-hybridized carbons (Fsp3) is 0.429. The molecule has 0 radical (unpaired) electrons. The van der Waals surface area contributed by atoms with E-state index in [1.54, 1.807) is 0 Å². The minimum absolute atomic E-state index is 0.485. The number of aryl methyl sites for hydroxylation is 2. The number of nitrogens with one attached hydrogen (secondary N) is 1. The zero-order valence-corrected chi connectivity index (χ0v) is 10.3. The van der Waals surface area contributed by atoms with Crippen LogP contribution in [-0.4, -0.2) is 11.5 Å². The molecule has 0 amide bonds. The molecule has 0 aliphatic carbocycles. The highest BCUT2D eigenvalue weighted by atomic mass is 14.7. The average Bonchev–Trinajstić information content (AvgIpc) is 2.57. The molecule has 1 aromatic heterocycles. The molecule has 2 nitrogen and oxygen atoms in total. The van der Waals surface area contributed by atoms with E-state index in [1.165, 1.54) is 27.7 Å². The minimum atomic E-state index is 0.485. The number of fused-ring (bicyclic) bond motifs is 1. The van der Waals surface area contributed by atoms with Crippen molar-refractivity contribution >= 4 is 10.9 Å². The van der Waals surface area contributed by atoms with E-state index in [9.17, 15) is 0 Å². The molecule has 0 saturated carbocycles. The summed E-state index contributed by atoms with van der Waals surface area (Å²) in [6.45, 7) is 7.21. The first-order valence-electron chi connectivity index (χ1n) is 5.96. The quantitative estimate of drug-likeness (QED) is 0.812. The third-order valence-electron chi connectivity index (χ3n) is 3.58. The highest BCUT2D eigenvalue weighted by molar-refractivity contribution is 5.85. The lowest BCUT2D eigenvalue weighted by Crippen LogP contribution is -2.11. The van der Waals surface area contributed by atoms with Crippen molar-refractivity contribution in [3.63, 3.8) is 0 Å². The number of aromatic nitrogens is 1. The van der Waals surface area contributed by atoms with E-state index < -0.39 is 0 Å². The Hall–Kier alpha value is -1.28. The molecule has 0 saturated heterocycles. The molecule has 1 heterocycles. The Balaban J connectivity index is 2.54. The van der Waals surface area contributed by atoms with E-state index in [1.807, 2.05) is 0 Å². The molecule has 0 bridgehead atoms. The Morgan fingerprint density at radius 3 is 2.69 bits per heavy atom. The van der Waals surface area contributed by atoms with Crippen molar-refractivity contribution in [3.05, 3.63) is 35.0 Å². The number of benzene rings is 1. The van der Waals surface area contributed by atoms with Crippen LogP contribution < -0.4 is 5.73 Å². The number of H-pyrrole nitrogens is 1. The Labute approximate surface area is 96.9 Å². The lowest BCUT2D eigenvalue weighted by atomic mass is 9.95. The third kappa shape index (κ3) is 1.74. The predicted octanol–water partition coefficient (Wildman–Crippen LogP) is 3.24. The lowest BCUT2D eigenvalue weighted by molar-refractivity contribution is 0.675. The molecule has 0 fully saturated rings. The van der Waals surface area contributed by atoms with Crippen LogP contribution in [0, 0.1) is 13.8 Å². The maximum atomic E-state index is 5.79. The molecule has 2 aromatic rings. The molecule has 86 valence electrons. The Kier molecular flexibility index (Phi) is 3.01. The molecular formula is C14H20N2. The van der Waals surface area contributed by atoms with E-state index >= 15 is 0 Å². The van der Waals surface area contributed by atoms with Crippen LogP contribution >= 0.6 is 0 Å². The molecule has 16 heavy (non-hydrogen) atoms. The second-order valence-electron chi connectivity index (χ2n) is 4.52. The van der Waals surface area contributed by atoms with E-state index in [0.717, 1.165) is 13.0 Å². The molecule has 1 aromatic carbocycles. The predicted molar refractivity (Wildman–Crippen MR) is 69.9 cm³/mol. The molecule has 0 spiro atoms. The Bertz CT molecular complexity index is 493. The third-order valence-corrected chi connectivity index (χ3v) is 3.58. The SMILES string of the molecule is CCC(CN)c1ccc2[nH]c(C)c(C)c2c1. The van der Waals surface area contributed by atoms with Crippen molar-refractivity contribution in [2.24, 2.45) is 5.73 Å². The van der Waals surface area contributed by atoms with Gasteiger partial charge in [0.15, 0.2) is 0 Å². The van der Waals surface area contributed by atoms with E-state index in [-0.39, 0.29) is 0 Å². The van der Waals surface area contributed by atoms with Gasteiger partial charge in [0.25, 0.3) is 0 Å². The maximum absolute atomic E-state index is 5.79. The Morgan fingerprint density at radius 1 is 1.31 bits per heavy atom. The number of hydrogen-bond acceptors (Lipinski definition) is 1. The molecule has 1 unspecified atom stereocenters. The van der Waals surface area contributed by atoms with Gasteiger partial charge in [0.05, 0.1) is 0 Å². The van der Waals surface area contributed by atoms with Gasteiger partial charge in [-0.05, 0) is 56.0 Å². The van der Waals surface area contributed by atoms with Gasteiger partial charge in [0.1, 0.15) is 0 Å². The van der Waals surface area contributed by atoms with Crippen LogP contribution in [-0.2, 0) is 0 Å². The molecule has 2 heteroatoms. The van der Waals surface area contributed by atoms with E-state index in [2.05, 4.69) is 44.0 Å². The monoisotopic (exact) mass is 216 g/mol. The fourth-order valence-corrected chi connectivity index (χ4v) is 2.27. The first kappa shape index (κ1) is 11.2. The van der Waals surface area contributed by atoms with Crippen LogP contribution in [0.3, 0.4) is 0 Å². The summed E-state index contributed by atoms with van der Waals surface area (Å²) in [5.74, 6) is 0.485. The largest absolute Gasteiger partial charge is 0.358 e. The van der Waals surface area contributed by atoms with Crippen LogP contribution in [0.4, 0.5) is 0 Å². The van der Waals surface area contributed by atoms with Crippen molar-refractivity contribution in [1.29, 1.82) is 0 Å². The first-order valence-corrected chi connectivity index (χ1v) is 5.96. The van der Waals surface area contributed by atoms with Crippen LogP contribution in [0.1, 0.15) is 36.1 Å². The van der Waals surface area contributed by atoms with E-state index in [4.69, 9.17) is 5.73 Å². The van der Waals surface area contributed by atoms with Crippen molar-refractivity contribution in [2.75, 3.05) is 6.54 Å². The molecule has 3 N–H and O–H groups in total. The second kappa shape index (κ2) is 4.30. The number of aromatic amines is 1. The molecular weight excluding hydrogens is 196 g/mol. The summed E-state index contributed by atoms with van der Waals surface area (Å²) in [5.41, 5.74) is 11.0. The Morgan fingerprint density at radius 2 is 2.06 bits per heavy atom. The summed E-state index contributed by atoms with van der Waals surface area (Å²) >= 11 is 0. The smallest absolute Gasteiger partial charge is 0.0458 e. The fourth-order valence-electron chi connectivity index (χ4n) is 2.27. The van der Waals surface area contributed by atoms with E-state index in [0.29, 0.717) is 5.92 Å². The zero-order chi connectivity index (χ0) is 11.7. The van der Waals surface area contributed by atoms with Gasteiger partial charge < -0.3 is 10.7 Å². The van der Waals surface area contributed by atoms with Gasteiger partial charge in [0, 0.05) is 16.6 Å². The number of nitrogens with two attached hydrogens (primary N) is 1. The van der Waals surface area contributed by atoms with Gasteiger partial charge in [0.2, 0.25) is 0 Å². The minimum Gasteiger partial charge on any atom is -0.358 e. The van der Waals surface area contributed by atoms with Gasteiger partial charge >= 0.3 is 0 Å². The van der Waals surface area contributed by atoms with Crippen LogP contribution in [0.5, 0.6) is 0 Å². The molecule has 0 aliphatic rings.